The van der Waals surface area contributed by atoms with Crippen LogP contribution in [0.4, 0.5) is 5.69 Å². The van der Waals surface area contributed by atoms with Crippen molar-refractivity contribution in [1.82, 2.24) is 5.43 Å². The lowest BCUT2D eigenvalue weighted by Gasteiger charge is -2.13. The number of hydrogen-bond acceptors (Lipinski definition) is 2. The quantitative estimate of drug-likeness (QED) is 0.666. The van der Waals surface area contributed by atoms with Crippen LogP contribution in [0.5, 0.6) is 0 Å². The molecule has 0 radical (unpaired) electrons. The van der Waals surface area contributed by atoms with Crippen LogP contribution >= 0.6 is 15.9 Å². The van der Waals surface area contributed by atoms with Crippen LogP contribution in [0.3, 0.4) is 0 Å². The van der Waals surface area contributed by atoms with Crippen molar-refractivity contribution in [3.8, 4) is 0 Å². The first-order valence-corrected chi connectivity index (χ1v) is 7.79. The topological polar surface area (TPSA) is 49.4 Å². The minimum absolute atomic E-state index is 0.108. The molecule has 23 heavy (non-hydrogen) atoms. The van der Waals surface area contributed by atoms with E-state index in [1.807, 2.05) is 48.5 Å². The van der Waals surface area contributed by atoms with Crippen molar-refractivity contribution >= 4 is 39.5 Å². The number of nitrogens with zero attached hydrogens (tertiary/aromatic N) is 1. The van der Waals surface area contributed by atoms with E-state index < -0.39 is 5.91 Å². The molecule has 2 aromatic carbocycles. The van der Waals surface area contributed by atoms with Crippen LogP contribution in [-0.2, 0) is 9.59 Å². The molecule has 1 N–H and O–H groups in total. The number of rotatable bonds is 3. The van der Waals surface area contributed by atoms with Gasteiger partial charge in [-0.25, -0.2) is 5.01 Å². The van der Waals surface area contributed by atoms with Gasteiger partial charge in [0.25, 0.3) is 11.8 Å². The van der Waals surface area contributed by atoms with Gasteiger partial charge in [0.05, 0.1) is 5.69 Å². The van der Waals surface area contributed by atoms with Crippen molar-refractivity contribution < 1.29 is 9.59 Å². The Labute approximate surface area is 142 Å². The average molecular weight is 369 g/mol. The maximum absolute atomic E-state index is 12.4. The zero-order valence-electron chi connectivity index (χ0n) is 12.1. The number of para-hydroxylation sites is 1. The standard InChI is InChI=1S/C18H13BrN2O2/c19-16-12-5-4-7-13(16)8-6-11-15-17(22)20-21(18(15)23)14-9-2-1-3-10-14/h1-12H,(H,20,22)/b8-6+,15-11-. The maximum Gasteiger partial charge on any atom is 0.282 e. The third-order valence-electron chi connectivity index (χ3n) is 3.35. The van der Waals surface area contributed by atoms with E-state index >= 15 is 0 Å². The Morgan fingerprint density at radius 3 is 2.39 bits per heavy atom. The van der Waals surface area contributed by atoms with Crippen LogP contribution in [0, 0.1) is 0 Å². The highest BCUT2D eigenvalue weighted by Gasteiger charge is 2.33. The van der Waals surface area contributed by atoms with E-state index in [9.17, 15) is 9.59 Å². The maximum atomic E-state index is 12.4. The predicted molar refractivity (Wildman–Crippen MR) is 93.3 cm³/mol. The summed E-state index contributed by atoms with van der Waals surface area (Å²) >= 11 is 3.45. The van der Waals surface area contributed by atoms with E-state index in [0.29, 0.717) is 5.69 Å². The third kappa shape index (κ3) is 3.24. The first-order valence-electron chi connectivity index (χ1n) is 7.00. The van der Waals surface area contributed by atoms with Crippen molar-refractivity contribution in [3.05, 3.63) is 82.4 Å². The largest absolute Gasteiger partial charge is 0.282 e. The molecule has 2 amide bonds. The first kappa shape index (κ1) is 15.2. The van der Waals surface area contributed by atoms with E-state index in [4.69, 9.17) is 0 Å². The zero-order valence-corrected chi connectivity index (χ0v) is 13.7. The fourth-order valence-electron chi connectivity index (χ4n) is 2.19. The summed E-state index contributed by atoms with van der Waals surface area (Å²) in [7, 11) is 0. The molecule has 0 atom stereocenters. The molecule has 1 heterocycles. The Hall–Kier alpha value is -2.66. The molecular weight excluding hydrogens is 356 g/mol. The summed E-state index contributed by atoms with van der Waals surface area (Å²) in [5.74, 6) is -0.770. The first-order chi connectivity index (χ1) is 11.2. The van der Waals surface area contributed by atoms with Crippen molar-refractivity contribution in [2.45, 2.75) is 0 Å². The highest BCUT2D eigenvalue weighted by Crippen LogP contribution is 2.20. The molecule has 1 fully saturated rings. The number of halogens is 1. The third-order valence-corrected chi connectivity index (χ3v) is 4.07. The van der Waals surface area contributed by atoms with Crippen LogP contribution in [0.1, 0.15) is 5.56 Å². The molecule has 0 spiro atoms. The van der Waals surface area contributed by atoms with Gasteiger partial charge in [0.1, 0.15) is 5.57 Å². The minimum atomic E-state index is -0.407. The number of carbonyl (C=O) groups is 2. The van der Waals surface area contributed by atoms with Gasteiger partial charge < -0.3 is 0 Å². The Kier molecular flexibility index (Phi) is 4.39. The van der Waals surface area contributed by atoms with Gasteiger partial charge in [0.15, 0.2) is 0 Å². The molecule has 4 nitrogen and oxygen atoms in total. The molecule has 1 aliphatic heterocycles. The second-order valence-electron chi connectivity index (χ2n) is 4.88. The van der Waals surface area contributed by atoms with Crippen molar-refractivity contribution in [2.24, 2.45) is 0 Å². The van der Waals surface area contributed by atoms with Crippen LogP contribution < -0.4 is 10.4 Å². The van der Waals surface area contributed by atoms with E-state index in [1.165, 1.54) is 11.1 Å². The van der Waals surface area contributed by atoms with Crippen molar-refractivity contribution in [1.29, 1.82) is 0 Å². The molecule has 0 saturated carbocycles. The number of hydrogen-bond donors (Lipinski definition) is 1. The minimum Gasteiger partial charge on any atom is -0.267 e. The number of benzene rings is 2. The van der Waals surface area contributed by atoms with Gasteiger partial charge in [-0.2, -0.15) is 0 Å². The van der Waals surface area contributed by atoms with Gasteiger partial charge in [-0.3, -0.25) is 15.0 Å². The van der Waals surface area contributed by atoms with E-state index in [-0.39, 0.29) is 11.5 Å². The zero-order chi connectivity index (χ0) is 16.2. The second-order valence-corrected chi connectivity index (χ2v) is 5.73. The summed E-state index contributed by atoms with van der Waals surface area (Å²) in [4.78, 5) is 24.3. The normalized spacial score (nSPS) is 16.4. The summed E-state index contributed by atoms with van der Waals surface area (Å²) < 4.78 is 0.947. The number of hydrazine groups is 1. The molecule has 0 unspecified atom stereocenters. The van der Waals surface area contributed by atoms with Crippen LogP contribution in [0.25, 0.3) is 6.08 Å². The van der Waals surface area contributed by atoms with E-state index in [0.717, 1.165) is 10.0 Å². The average Bonchev–Trinajstić information content (AvgIpc) is 2.85. The molecule has 3 rings (SSSR count). The number of carbonyl (C=O) groups excluding carboxylic acids is 2. The molecular formula is C18H13BrN2O2. The lowest BCUT2D eigenvalue weighted by atomic mass is 10.2. The van der Waals surface area contributed by atoms with Gasteiger partial charge in [-0.15, -0.1) is 0 Å². The van der Waals surface area contributed by atoms with Crippen LogP contribution in [-0.4, -0.2) is 11.8 Å². The highest BCUT2D eigenvalue weighted by atomic mass is 79.9. The number of amides is 2. The lowest BCUT2D eigenvalue weighted by molar-refractivity contribution is -0.117. The van der Waals surface area contributed by atoms with Crippen molar-refractivity contribution in [2.75, 3.05) is 5.01 Å². The van der Waals surface area contributed by atoms with Gasteiger partial charge in [0.2, 0.25) is 0 Å². The van der Waals surface area contributed by atoms with Crippen LogP contribution in [0.2, 0.25) is 0 Å². The second kappa shape index (κ2) is 6.62. The Bertz CT molecular complexity index is 813. The summed E-state index contributed by atoms with van der Waals surface area (Å²) in [6, 6.07) is 16.7. The highest BCUT2D eigenvalue weighted by molar-refractivity contribution is 9.10. The summed E-state index contributed by atoms with van der Waals surface area (Å²) in [5, 5.41) is 1.25. The monoisotopic (exact) mass is 368 g/mol. The smallest absolute Gasteiger partial charge is 0.267 e. The molecule has 0 aliphatic carbocycles. The molecule has 1 aliphatic rings. The van der Waals surface area contributed by atoms with Crippen LogP contribution in [0.15, 0.2) is 76.8 Å². The molecule has 2 aromatic rings. The van der Waals surface area contributed by atoms with Gasteiger partial charge in [-0.05, 0) is 29.8 Å². The number of allylic oxidation sites excluding steroid dienone is 2. The number of anilines is 1. The Balaban J connectivity index is 1.82. The SMILES string of the molecule is O=C1NN(c2ccccc2)C(=O)/C1=C\C=C\c1ccccc1Br. The van der Waals surface area contributed by atoms with Crippen molar-refractivity contribution in [3.63, 3.8) is 0 Å². The fraction of sp³-hybridized carbons (Fsp3) is 0. The molecule has 0 aromatic heterocycles. The predicted octanol–water partition coefficient (Wildman–Crippen LogP) is 3.47. The van der Waals surface area contributed by atoms with E-state index in [2.05, 4.69) is 21.4 Å². The van der Waals surface area contributed by atoms with E-state index in [1.54, 1.807) is 18.2 Å². The lowest BCUT2D eigenvalue weighted by Crippen LogP contribution is -2.35. The number of nitrogens with one attached hydrogen (secondary N) is 1. The summed E-state index contributed by atoms with van der Waals surface area (Å²) in [6.07, 6.45) is 5.06. The summed E-state index contributed by atoms with van der Waals surface area (Å²) in [5.41, 5.74) is 4.27. The molecule has 0 bridgehead atoms. The molecule has 5 heteroatoms. The molecule has 1 saturated heterocycles. The van der Waals surface area contributed by atoms with Gasteiger partial charge in [-0.1, -0.05) is 64.5 Å². The summed E-state index contributed by atoms with van der Waals surface area (Å²) in [6.45, 7) is 0. The fourth-order valence-corrected chi connectivity index (χ4v) is 2.61. The Morgan fingerprint density at radius 2 is 1.65 bits per heavy atom. The molecule has 114 valence electrons. The van der Waals surface area contributed by atoms with Gasteiger partial charge >= 0.3 is 0 Å². The van der Waals surface area contributed by atoms with Gasteiger partial charge in [0, 0.05) is 4.47 Å². The Morgan fingerprint density at radius 1 is 0.957 bits per heavy atom.